The van der Waals surface area contributed by atoms with Crippen molar-refractivity contribution in [3.63, 3.8) is 0 Å². The van der Waals surface area contributed by atoms with E-state index in [4.69, 9.17) is 0 Å². The number of nitrogens with one attached hydrogen (secondary N) is 4. The number of hydrogen-bond acceptors (Lipinski definition) is 7. The summed E-state index contributed by atoms with van der Waals surface area (Å²) in [5, 5.41) is 15.2. The van der Waals surface area contributed by atoms with Crippen LogP contribution in [0.3, 0.4) is 0 Å². The van der Waals surface area contributed by atoms with Crippen LogP contribution in [-0.4, -0.2) is 18.3 Å². The molecule has 0 aromatic heterocycles. The number of thioether (sulfide) groups is 1. The van der Waals surface area contributed by atoms with Crippen LogP contribution >= 0.6 is 23.7 Å². The highest BCUT2D eigenvalue weighted by Gasteiger charge is 2.26. The Morgan fingerprint density at radius 3 is 2.77 bits per heavy atom. The van der Waals surface area contributed by atoms with Crippen LogP contribution in [0.4, 0.5) is 10.1 Å². The number of hydrazine groups is 1. The molecule has 2 aromatic rings. The Kier molecular flexibility index (Phi) is 11.4. The first kappa shape index (κ1) is 32.2. The summed E-state index contributed by atoms with van der Waals surface area (Å²) in [5.41, 5.74) is 10.7. The summed E-state index contributed by atoms with van der Waals surface area (Å²) in [6, 6.07) is 11.3. The summed E-state index contributed by atoms with van der Waals surface area (Å²) < 4.78 is 14.9. The average Bonchev–Trinajstić information content (AvgIpc) is 3.46. The van der Waals surface area contributed by atoms with Crippen molar-refractivity contribution in [2.75, 3.05) is 11.3 Å². The fourth-order valence-corrected chi connectivity index (χ4v) is 6.95. The molecule has 0 radical (unpaired) electrons. The van der Waals surface area contributed by atoms with Gasteiger partial charge in [0, 0.05) is 34.1 Å². The van der Waals surface area contributed by atoms with Crippen LogP contribution in [0.5, 0.6) is 0 Å². The van der Waals surface area contributed by atoms with Crippen molar-refractivity contribution in [2.45, 2.75) is 76.0 Å². The van der Waals surface area contributed by atoms with Crippen molar-refractivity contribution in [1.29, 1.82) is 5.41 Å². The maximum atomic E-state index is 14.9. The fraction of sp³-hybridized carbons (Fsp3) is 0.389. The van der Waals surface area contributed by atoms with Crippen molar-refractivity contribution in [3.05, 3.63) is 93.4 Å². The van der Waals surface area contributed by atoms with E-state index in [9.17, 15) is 9.80 Å². The van der Waals surface area contributed by atoms with E-state index in [2.05, 4.69) is 70.8 Å². The first-order valence-corrected chi connectivity index (χ1v) is 17.4. The molecule has 0 saturated heterocycles. The smallest absolute Gasteiger partial charge is 0.138 e. The second-order valence-electron chi connectivity index (χ2n) is 11.8. The van der Waals surface area contributed by atoms with Gasteiger partial charge in [0.2, 0.25) is 0 Å². The SMILES string of the molecule is C=N/C(=C\SCN/C(CC1CC1)=C(/Cc1ccc2c(c1)NNS2)C(=N)c1ccc(F)c(C#CC2CCCC2)c1)C(=C)CCC. The van der Waals surface area contributed by atoms with Crippen molar-refractivity contribution in [1.82, 2.24) is 10.1 Å². The molecule has 0 spiro atoms. The molecule has 1 aliphatic heterocycles. The third-order valence-electron chi connectivity index (χ3n) is 8.30. The van der Waals surface area contributed by atoms with Gasteiger partial charge in [-0.25, -0.2) is 4.39 Å². The van der Waals surface area contributed by atoms with E-state index in [0.717, 1.165) is 70.8 Å². The number of aliphatic imine (C=N–C) groups is 1. The standard InChI is InChI=1S/C36H42FN5S2/c1-4-7-24(2)34(39-3)22-43-23-40-32(19-26-10-11-26)30(18-27-13-17-35-33(20-27)41-42-44-35)36(38)29-15-16-31(37)28(21-29)14-12-25-8-5-6-9-25/h13,15-17,20-22,25-26,38,40-42H,2-11,18-19,23H2,1H3/b32-30-,34-22-,38-36?. The second kappa shape index (κ2) is 15.7. The topological polar surface area (TPSA) is 72.3 Å². The van der Waals surface area contributed by atoms with Crippen LogP contribution < -0.4 is 15.6 Å². The van der Waals surface area contributed by atoms with Crippen LogP contribution in [0.25, 0.3) is 0 Å². The van der Waals surface area contributed by atoms with Gasteiger partial charge < -0.3 is 10.7 Å². The van der Waals surface area contributed by atoms with Crippen molar-refractivity contribution >= 4 is 41.8 Å². The number of allylic oxidation sites excluding steroid dienone is 3. The Morgan fingerprint density at radius 1 is 1.20 bits per heavy atom. The molecule has 44 heavy (non-hydrogen) atoms. The molecule has 5 nitrogen and oxygen atoms in total. The maximum absolute atomic E-state index is 14.9. The van der Waals surface area contributed by atoms with Gasteiger partial charge in [-0.1, -0.05) is 50.7 Å². The van der Waals surface area contributed by atoms with Gasteiger partial charge in [0.25, 0.3) is 0 Å². The largest absolute Gasteiger partial charge is 0.379 e. The second-order valence-corrected chi connectivity index (χ2v) is 13.5. The summed E-state index contributed by atoms with van der Waals surface area (Å²) in [6.07, 6.45) is 10.3. The predicted octanol–water partition coefficient (Wildman–Crippen LogP) is 9.15. The fourth-order valence-electron chi connectivity index (χ4n) is 5.58. The van der Waals surface area contributed by atoms with Gasteiger partial charge in [-0.2, -0.15) is 4.83 Å². The third-order valence-corrected chi connectivity index (χ3v) is 9.78. The normalized spacial score (nSPS) is 16.8. The van der Waals surface area contributed by atoms with Gasteiger partial charge in [0.1, 0.15) is 5.82 Å². The Hall–Kier alpha value is -3.25. The third kappa shape index (κ3) is 8.68. The number of nitrogens with zero attached hydrogens (tertiary/aromatic N) is 1. The number of benzene rings is 2. The molecular weight excluding hydrogens is 586 g/mol. The maximum Gasteiger partial charge on any atom is 0.138 e. The molecular formula is C36H42FN5S2. The number of halogens is 1. The Bertz CT molecular complexity index is 1520. The first-order valence-electron chi connectivity index (χ1n) is 15.6. The van der Waals surface area contributed by atoms with Gasteiger partial charge >= 0.3 is 0 Å². The van der Waals surface area contributed by atoms with Gasteiger partial charge in [0.05, 0.1) is 28.5 Å². The van der Waals surface area contributed by atoms with Crippen LogP contribution in [0.2, 0.25) is 0 Å². The minimum atomic E-state index is -0.330. The van der Waals surface area contributed by atoms with Gasteiger partial charge in [-0.05, 0) is 110 Å². The van der Waals surface area contributed by atoms with E-state index in [0.29, 0.717) is 41.0 Å². The van der Waals surface area contributed by atoms with Crippen LogP contribution in [0.1, 0.15) is 81.4 Å². The predicted molar refractivity (Wildman–Crippen MR) is 186 cm³/mol. The monoisotopic (exact) mass is 627 g/mol. The first-order chi connectivity index (χ1) is 21.4. The number of hydrogen-bond donors (Lipinski definition) is 4. The summed E-state index contributed by atoms with van der Waals surface area (Å²) in [7, 11) is 0. The minimum absolute atomic E-state index is 0.330. The summed E-state index contributed by atoms with van der Waals surface area (Å²) in [6.45, 7) is 10.0. The van der Waals surface area contributed by atoms with Crippen molar-refractivity contribution in [3.8, 4) is 11.8 Å². The van der Waals surface area contributed by atoms with E-state index >= 15 is 0 Å². The Balaban J connectivity index is 1.45. The molecule has 5 rings (SSSR count). The minimum Gasteiger partial charge on any atom is -0.379 e. The molecule has 2 aliphatic carbocycles. The van der Waals surface area contributed by atoms with E-state index in [-0.39, 0.29) is 5.82 Å². The number of rotatable bonds is 14. The van der Waals surface area contributed by atoms with E-state index in [1.165, 1.54) is 31.7 Å². The highest BCUT2D eigenvalue weighted by Crippen LogP contribution is 2.37. The molecule has 0 bridgehead atoms. The van der Waals surface area contributed by atoms with Crippen molar-refractivity contribution in [2.24, 2.45) is 16.8 Å². The Morgan fingerprint density at radius 2 is 2.02 bits per heavy atom. The zero-order valence-electron chi connectivity index (χ0n) is 25.5. The molecule has 0 unspecified atom stereocenters. The van der Waals surface area contributed by atoms with Gasteiger partial charge in [0.15, 0.2) is 0 Å². The molecule has 2 aromatic carbocycles. The molecule has 3 aliphatic rings. The van der Waals surface area contributed by atoms with E-state index < -0.39 is 0 Å². The van der Waals surface area contributed by atoms with Crippen LogP contribution in [-0.2, 0) is 6.42 Å². The highest BCUT2D eigenvalue weighted by molar-refractivity contribution is 8.02. The highest BCUT2D eigenvalue weighted by atomic mass is 32.2. The molecule has 230 valence electrons. The van der Waals surface area contributed by atoms with Gasteiger partial charge in [-0.3, -0.25) is 10.4 Å². The quantitative estimate of drug-likeness (QED) is 0.0420. The molecule has 0 amide bonds. The molecule has 4 N–H and O–H groups in total. The summed E-state index contributed by atoms with van der Waals surface area (Å²) in [5.74, 6) is 7.65. The molecule has 2 fully saturated rings. The lowest BCUT2D eigenvalue weighted by Gasteiger charge is -2.19. The zero-order valence-corrected chi connectivity index (χ0v) is 27.2. The van der Waals surface area contributed by atoms with E-state index in [1.54, 1.807) is 35.8 Å². The van der Waals surface area contributed by atoms with Gasteiger partial charge in [-0.15, -0.1) is 11.8 Å². The molecule has 1 heterocycles. The van der Waals surface area contributed by atoms with E-state index in [1.807, 2.05) is 5.41 Å². The molecule has 2 saturated carbocycles. The Labute approximate surface area is 270 Å². The van der Waals surface area contributed by atoms with Crippen LogP contribution in [0, 0.1) is 34.9 Å². The number of anilines is 1. The van der Waals surface area contributed by atoms with Crippen molar-refractivity contribution < 1.29 is 4.39 Å². The lowest BCUT2D eigenvalue weighted by molar-refractivity contribution is 0.624. The lowest BCUT2D eigenvalue weighted by Crippen LogP contribution is -2.21. The lowest BCUT2D eigenvalue weighted by atomic mass is 9.92. The molecule has 8 heteroatoms. The van der Waals surface area contributed by atoms with Crippen LogP contribution in [0.15, 0.2) is 80.8 Å². The molecule has 0 atom stereocenters. The summed E-state index contributed by atoms with van der Waals surface area (Å²) in [4.78, 5) is 8.44. The number of fused-ring (bicyclic) bond motifs is 1. The average molecular weight is 628 g/mol. The summed E-state index contributed by atoms with van der Waals surface area (Å²) >= 11 is 3.18. The zero-order chi connectivity index (χ0) is 30.9.